The summed E-state index contributed by atoms with van der Waals surface area (Å²) < 4.78 is 28.0. The summed E-state index contributed by atoms with van der Waals surface area (Å²) >= 11 is 0. The number of aryl methyl sites for hydroxylation is 1. The minimum absolute atomic E-state index is 0.149. The number of anilines is 1. The van der Waals surface area contributed by atoms with E-state index in [2.05, 4.69) is 5.32 Å². The number of carbonyl (C=O) groups excluding carboxylic acids is 1. The smallest absolute Gasteiger partial charge is 0.264 e. The fourth-order valence-electron chi connectivity index (χ4n) is 3.34. The predicted molar refractivity (Wildman–Crippen MR) is 120 cm³/mol. The number of nitrogens with one attached hydrogen (secondary N) is 1. The number of nitrogens with zero attached hydrogens (tertiary/aromatic N) is 1. The molecule has 1 amide bonds. The van der Waals surface area contributed by atoms with E-state index in [1.54, 1.807) is 30.3 Å². The Morgan fingerprint density at radius 3 is 2.07 bits per heavy atom. The number of carbonyl (C=O) groups is 1. The van der Waals surface area contributed by atoms with Gasteiger partial charge in [-0.05, 0) is 42.7 Å². The summed E-state index contributed by atoms with van der Waals surface area (Å²) in [5.41, 5.74) is 2.26. The number of sulfonamides is 1. The summed E-state index contributed by atoms with van der Waals surface area (Å²) in [4.78, 5) is 13.1. The van der Waals surface area contributed by atoms with Gasteiger partial charge in [-0.2, -0.15) is 0 Å². The highest BCUT2D eigenvalue weighted by molar-refractivity contribution is 7.92. The number of hydrogen-bond donors (Lipinski definition) is 1. The Kier molecular flexibility index (Phi) is 6.90. The number of para-hydroxylation sites is 1. The maximum Gasteiger partial charge on any atom is 0.264 e. The third-order valence-corrected chi connectivity index (χ3v) is 6.72. The number of hydrogen-bond acceptors (Lipinski definition) is 3. The van der Waals surface area contributed by atoms with Crippen molar-refractivity contribution in [3.63, 3.8) is 0 Å². The zero-order chi connectivity index (χ0) is 21.6. The van der Waals surface area contributed by atoms with E-state index >= 15 is 0 Å². The first-order valence-electron chi connectivity index (χ1n) is 9.91. The van der Waals surface area contributed by atoms with E-state index in [-0.39, 0.29) is 23.4 Å². The maximum absolute atomic E-state index is 13.4. The van der Waals surface area contributed by atoms with Crippen LogP contribution in [0.15, 0.2) is 89.8 Å². The van der Waals surface area contributed by atoms with Gasteiger partial charge < -0.3 is 5.32 Å². The minimum atomic E-state index is -3.91. The lowest BCUT2D eigenvalue weighted by atomic mass is 10.0. The summed E-state index contributed by atoms with van der Waals surface area (Å²) in [7, 11) is -3.91. The van der Waals surface area contributed by atoms with Crippen molar-refractivity contribution in [3.8, 4) is 0 Å². The van der Waals surface area contributed by atoms with Crippen LogP contribution in [0, 0.1) is 6.92 Å². The van der Waals surface area contributed by atoms with Gasteiger partial charge in [0, 0.05) is 0 Å². The molecule has 0 aromatic heterocycles. The standard InChI is InChI=1S/C24H26N2O3S/c1-3-22(20-13-6-4-7-14-20)25-24(27)18-26(23-17-11-10-12-19(23)2)30(28,29)21-15-8-5-9-16-21/h4-17,22H,3,18H2,1-2H3,(H,25,27)/t22-/m0/s1. The normalized spacial score (nSPS) is 12.2. The molecule has 30 heavy (non-hydrogen) atoms. The molecule has 0 unspecified atom stereocenters. The second-order valence-electron chi connectivity index (χ2n) is 7.05. The number of amides is 1. The average Bonchev–Trinajstić information content (AvgIpc) is 2.77. The van der Waals surface area contributed by atoms with E-state index in [4.69, 9.17) is 0 Å². The molecule has 0 spiro atoms. The Balaban J connectivity index is 1.92. The summed E-state index contributed by atoms with van der Waals surface area (Å²) in [6, 6.07) is 24.8. The Bertz CT molecular complexity index is 1080. The van der Waals surface area contributed by atoms with Crippen molar-refractivity contribution in [2.75, 3.05) is 10.8 Å². The van der Waals surface area contributed by atoms with Crippen molar-refractivity contribution < 1.29 is 13.2 Å². The Hall–Kier alpha value is -3.12. The van der Waals surface area contributed by atoms with Gasteiger partial charge in [-0.15, -0.1) is 0 Å². The summed E-state index contributed by atoms with van der Waals surface area (Å²) in [6.07, 6.45) is 0.700. The molecule has 0 saturated heterocycles. The van der Waals surface area contributed by atoms with Crippen LogP contribution in [0.1, 0.15) is 30.5 Å². The molecule has 0 bridgehead atoms. The lowest BCUT2D eigenvalue weighted by Gasteiger charge is -2.27. The molecule has 0 aliphatic carbocycles. The number of rotatable bonds is 8. The van der Waals surface area contributed by atoms with Gasteiger partial charge in [0.2, 0.25) is 5.91 Å². The lowest BCUT2D eigenvalue weighted by Crippen LogP contribution is -2.42. The van der Waals surface area contributed by atoms with Crippen molar-refractivity contribution in [3.05, 3.63) is 96.1 Å². The second kappa shape index (κ2) is 9.59. The van der Waals surface area contributed by atoms with Crippen molar-refractivity contribution >= 4 is 21.6 Å². The van der Waals surface area contributed by atoms with Crippen LogP contribution in [0.25, 0.3) is 0 Å². The molecule has 0 fully saturated rings. The van der Waals surface area contributed by atoms with Crippen LogP contribution in [0.4, 0.5) is 5.69 Å². The summed E-state index contributed by atoms with van der Waals surface area (Å²) in [5.74, 6) is -0.353. The molecule has 3 aromatic carbocycles. The van der Waals surface area contributed by atoms with Gasteiger partial charge in [-0.3, -0.25) is 9.10 Å². The van der Waals surface area contributed by atoms with Crippen molar-refractivity contribution in [1.29, 1.82) is 0 Å². The van der Waals surface area contributed by atoms with Crippen LogP contribution in [0.5, 0.6) is 0 Å². The first-order valence-corrected chi connectivity index (χ1v) is 11.3. The predicted octanol–water partition coefficient (Wildman–Crippen LogP) is 4.46. The molecule has 3 rings (SSSR count). The third-order valence-electron chi connectivity index (χ3n) is 4.95. The van der Waals surface area contributed by atoms with E-state index in [1.807, 2.05) is 56.3 Å². The molecule has 0 heterocycles. The molecule has 5 nitrogen and oxygen atoms in total. The van der Waals surface area contributed by atoms with Crippen LogP contribution in [0.2, 0.25) is 0 Å². The molecule has 0 radical (unpaired) electrons. The Labute approximate surface area is 178 Å². The number of benzene rings is 3. The molecule has 3 aromatic rings. The molecule has 1 atom stereocenters. The van der Waals surface area contributed by atoms with Crippen molar-refractivity contribution in [2.24, 2.45) is 0 Å². The fraction of sp³-hybridized carbons (Fsp3) is 0.208. The van der Waals surface area contributed by atoms with E-state index in [1.165, 1.54) is 16.4 Å². The molecule has 6 heteroatoms. The zero-order valence-electron chi connectivity index (χ0n) is 17.2. The molecular formula is C24H26N2O3S. The highest BCUT2D eigenvalue weighted by Gasteiger charge is 2.28. The average molecular weight is 423 g/mol. The lowest BCUT2D eigenvalue weighted by molar-refractivity contribution is -0.120. The van der Waals surface area contributed by atoms with Crippen LogP contribution in [-0.4, -0.2) is 20.9 Å². The van der Waals surface area contributed by atoms with Crippen LogP contribution in [-0.2, 0) is 14.8 Å². The quantitative estimate of drug-likeness (QED) is 0.583. The largest absolute Gasteiger partial charge is 0.348 e. The van der Waals surface area contributed by atoms with E-state index in [0.29, 0.717) is 12.1 Å². The molecular weight excluding hydrogens is 396 g/mol. The highest BCUT2D eigenvalue weighted by atomic mass is 32.2. The van der Waals surface area contributed by atoms with E-state index in [0.717, 1.165) is 11.1 Å². The van der Waals surface area contributed by atoms with Crippen LogP contribution < -0.4 is 9.62 Å². The molecule has 0 saturated carbocycles. The summed E-state index contributed by atoms with van der Waals surface area (Å²) in [5, 5.41) is 2.98. The van der Waals surface area contributed by atoms with Crippen molar-refractivity contribution in [1.82, 2.24) is 5.32 Å². The minimum Gasteiger partial charge on any atom is -0.348 e. The monoisotopic (exact) mass is 422 g/mol. The zero-order valence-corrected chi connectivity index (χ0v) is 18.0. The Morgan fingerprint density at radius 1 is 0.900 bits per heavy atom. The van der Waals surface area contributed by atoms with Gasteiger partial charge >= 0.3 is 0 Å². The topological polar surface area (TPSA) is 66.5 Å². The SMILES string of the molecule is CC[C@H](NC(=O)CN(c1ccccc1C)S(=O)(=O)c1ccccc1)c1ccccc1. The maximum atomic E-state index is 13.4. The molecule has 1 N–H and O–H groups in total. The summed E-state index contributed by atoms with van der Waals surface area (Å²) in [6.45, 7) is 3.52. The molecule has 156 valence electrons. The molecule has 0 aliphatic rings. The van der Waals surface area contributed by atoms with Gasteiger partial charge in [0.1, 0.15) is 6.54 Å². The first kappa shape index (κ1) is 21.6. The van der Waals surface area contributed by atoms with E-state index < -0.39 is 10.0 Å². The van der Waals surface area contributed by atoms with Gasteiger partial charge in [-0.25, -0.2) is 8.42 Å². The van der Waals surface area contributed by atoms with E-state index in [9.17, 15) is 13.2 Å². The van der Waals surface area contributed by atoms with Gasteiger partial charge in [0.25, 0.3) is 10.0 Å². The highest BCUT2D eigenvalue weighted by Crippen LogP contribution is 2.26. The third kappa shape index (κ3) is 4.89. The van der Waals surface area contributed by atoms with Gasteiger partial charge in [0.15, 0.2) is 0 Å². The van der Waals surface area contributed by atoms with Crippen molar-refractivity contribution in [2.45, 2.75) is 31.2 Å². The Morgan fingerprint density at radius 2 is 1.47 bits per heavy atom. The fourth-order valence-corrected chi connectivity index (χ4v) is 4.85. The molecule has 0 aliphatic heterocycles. The van der Waals surface area contributed by atoms with Crippen LogP contribution >= 0.6 is 0 Å². The second-order valence-corrected chi connectivity index (χ2v) is 8.91. The first-order chi connectivity index (χ1) is 14.4. The van der Waals surface area contributed by atoms with Crippen LogP contribution in [0.3, 0.4) is 0 Å². The van der Waals surface area contributed by atoms with Gasteiger partial charge in [-0.1, -0.05) is 73.7 Å². The van der Waals surface area contributed by atoms with Gasteiger partial charge in [0.05, 0.1) is 16.6 Å².